The van der Waals surface area contributed by atoms with Gasteiger partial charge in [-0.25, -0.2) is 4.98 Å². The van der Waals surface area contributed by atoms with Gasteiger partial charge in [-0.05, 0) is 31.9 Å². The van der Waals surface area contributed by atoms with Gasteiger partial charge in [0, 0.05) is 42.4 Å². The Morgan fingerprint density at radius 1 is 1.17 bits per heavy atom. The molecule has 1 aliphatic rings. The Hall–Kier alpha value is -1.63. The molecule has 8 heteroatoms. The molecule has 0 radical (unpaired) electrons. The second-order valence-corrected chi connectivity index (χ2v) is 5.91. The van der Waals surface area contributed by atoms with E-state index in [9.17, 15) is 0 Å². The molecule has 2 aromatic rings. The average Bonchev–Trinajstić information content (AvgIpc) is 2.43. The number of nitrogen functional groups attached to an aromatic ring is 1. The zero-order valence-corrected chi connectivity index (χ0v) is 15.2. The minimum atomic E-state index is 0. The van der Waals surface area contributed by atoms with Gasteiger partial charge >= 0.3 is 0 Å². The maximum atomic E-state index is 5.84. The lowest BCUT2D eigenvalue weighted by molar-refractivity contribution is 0.345. The summed E-state index contributed by atoms with van der Waals surface area (Å²) in [5.41, 5.74) is 14.7. The maximum absolute atomic E-state index is 5.84. The molecule has 0 unspecified atom stereocenters. The van der Waals surface area contributed by atoms with Gasteiger partial charge < -0.3 is 16.8 Å². The summed E-state index contributed by atoms with van der Waals surface area (Å²) in [6.45, 7) is 2.76. The number of hydrogen-bond acceptors (Lipinski definition) is 6. The van der Waals surface area contributed by atoms with Crippen LogP contribution in [0.5, 0.6) is 0 Å². The summed E-state index contributed by atoms with van der Waals surface area (Å²) in [4.78, 5) is 13.1. The Labute approximate surface area is 154 Å². The number of aromatic nitrogens is 3. The molecule has 0 spiro atoms. The fourth-order valence-corrected chi connectivity index (χ4v) is 2.75. The second-order valence-electron chi connectivity index (χ2n) is 5.91. The van der Waals surface area contributed by atoms with Gasteiger partial charge in [-0.3, -0.25) is 4.98 Å². The van der Waals surface area contributed by atoms with Gasteiger partial charge in [0.2, 0.25) is 5.95 Å². The number of aryl methyl sites for hydroxylation is 1. The summed E-state index contributed by atoms with van der Waals surface area (Å²) in [6.07, 6.45) is 2.79. The van der Waals surface area contributed by atoms with Gasteiger partial charge in [0.25, 0.3) is 0 Å². The monoisotopic (exact) mass is 370 g/mol. The summed E-state index contributed by atoms with van der Waals surface area (Å²) in [5.74, 6) is 1.50. The first kappa shape index (κ1) is 20.4. The van der Waals surface area contributed by atoms with Gasteiger partial charge in [-0.1, -0.05) is 6.07 Å². The Morgan fingerprint density at radius 3 is 2.58 bits per heavy atom. The van der Waals surface area contributed by atoms with Crippen LogP contribution in [0.25, 0.3) is 0 Å². The molecular weight excluding hydrogens is 347 g/mol. The quantitative estimate of drug-likeness (QED) is 0.746. The van der Waals surface area contributed by atoms with Crippen molar-refractivity contribution in [1.82, 2.24) is 15.0 Å². The van der Waals surface area contributed by atoms with E-state index >= 15 is 0 Å². The molecule has 1 aliphatic carbocycles. The van der Waals surface area contributed by atoms with E-state index in [1.165, 1.54) is 0 Å². The van der Waals surface area contributed by atoms with Crippen LogP contribution in [0.3, 0.4) is 0 Å². The molecule has 0 amide bonds. The van der Waals surface area contributed by atoms with Gasteiger partial charge in [0.1, 0.15) is 5.82 Å². The number of pyridine rings is 1. The summed E-state index contributed by atoms with van der Waals surface area (Å²) in [7, 11) is 0. The third-order valence-corrected chi connectivity index (χ3v) is 3.99. The van der Waals surface area contributed by atoms with Crippen LogP contribution in [-0.2, 0) is 6.42 Å². The number of halogens is 2. The van der Waals surface area contributed by atoms with E-state index in [1.807, 2.05) is 31.2 Å². The van der Waals surface area contributed by atoms with Crippen LogP contribution in [-0.4, -0.2) is 27.5 Å². The van der Waals surface area contributed by atoms with Crippen molar-refractivity contribution < 1.29 is 0 Å². The summed E-state index contributed by atoms with van der Waals surface area (Å²) in [5, 5.41) is 3.31. The van der Waals surface area contributed by atoms with E-state index in [4.69, 9.17) is 11.5 Å². The smallest absolute Gasteiger partial charge is 0.222 e. The second kappa shape index (κ2) is 9.01. The zero-order chi connectivity index (χ0) is 15.5. The first-order valence-corrected chi connectivity index (χ1v) is 7.66. The Balaban J connectivity index is 0.00000144. The van der Waals surface area contributed by atoms with Crippen molar-refractivity contribution in [2.24, 2.45) is 5.73 Å². The lowest BCUT2D eigenvalue weighted by Crippen LogP contribution is -2.35. The standard InChI is InChI=1S/C16H22N6.2ClH/c1-10-3-2-4-13(20-10)5-6-19-15-9-14(21-16(18)22-15)11-7-12(17)8-11;;/h2-4,9,11-12H,5-8,17H2,1H3,(H3,18,19,21,22);2*1H. The molecule has 24 heavy (non-hydrogen) atoms. The Kier molecular flexibility index (Phi) is 7.66. The van der Waals surface area contributed by atoms with Crippen molar-refractivity contribution in [3.05, 3.63) is 41.3 Å². The van der Waals surface area contributed by atoms with Crippen molar-refractivity contribution in [1.29, 1.82) is 0 Å². The molecule has 2 aromatic heterocycles. The molecule has 0 bridgehead atoms. The molecule has 0 aliphatic heterocycles. The molecule has 1 saturated carbocycles. The summed E-state index contributed by atoms with van der Waals surface area (Å²) >= 11 is 0. The molecule has 1 fully saturated rings. The number of rotatable bonds is 5. The maximum Gasteiger partial charge on any atom is 0.222 e. The van der Waals surface area contributed by atoms with Gasteiger partial charge in [-0.2, -0.15) is 4.98 Å². The van der Waals surface area contributed by atoms with Crippen molar-refractivity contribution in [2.75, 3.05) is 17.6 Å². The average molecular weight is 371 g/mol. The highest BCUT2D eigenvalue weighted by Crippen LogP contribution is 2.35. The van der Waals surface area contributed by atoms with E-state index in [0.29, 0.717) is 17.9 Å². The third kappa shape index (κ3) is 5.19. The fourth-order valence-electron chi connectivity index (χ4n) is 2.75. The van der Waals surface area contributed by atoms with Gasteiger partial charge in [0.05, 0.1) is 5.69 Å². The van der Waals surface area contributed by atoms with Crippen LogP contribution in [0.2, 0.25) is 0 Å². The SMILES string of the molecule is Cc1cccc(CCNc2cc(C3CC(N)C3)nc(N)n2)n1.Cl.Cl. The highest BCUT2D eigenvalue weighted by atomic mass is 35.5. The highest BCUT2D eigenvalue weighted by molar-refractivity contribution is 5.85. The Bertz CT molecular complexity index is 661. The van der Waals surface area contributed by atoms with Crippen LogP contribution in [0, 0.1) is 6.92 Å². The number of anilines is 2. The van der Waals surface area contributed by atoms with E-state index in [0.717, 1.165) is 48.7 Å². The van der Waals surface area contributed by atoms with E-state index in [1.54, 1.807) is 0 Å². The first-order valence-electron chi connectivity index (χ1n) is 7.66. The fraction of sp³-hybridized carbons (Fsp3) is 0.438. The molecular formula is C16H24Cl2N6. The topological polar surface area (TPSA) is 103 Å². The summed E-state index contributed by atoms with van der Waals surface area (Å²) in [6, 6.07) is 8.33. The number of nitrogens with zero attached hydrogens (tertiary/aromatic N) is 3. The largest absolute Gasteiger partial charge is 0.370 e. The van der Waals surface area contributed by atoms with E-state index in [2.05, 4.69) is 20.3 Å². The number of hydrogen-bond donors (Lipinski definition) is 3. The van der Waals surface area contributed by atoms with Crippen LogP contribution >= 0.6 is 24.8 Å². The predicted octanol–water partition coefficient (Wildman–Crippen LogP) is 2.47. The van der Waals surface area contributed by atoms with Crippen LogP contribution < -0.4 is 16.8 Å². The minimum Gasteiger partial charge on any atom is -0.370 e. The van der Waals surface area contributed by atoms with Gasteiger partial charge in [-0.15, -0.1) is 24.8 Å². The van der Waals surface area contributed by atoms with Crippen molar-refractivity contribution in [3.63, 3.8) is 0 Å². The van der Waals surface area contributed by atoms with Crippen molar-refractivity contribution in [2.45, 2.75) is 38.1 Å². The van der Waals surface area contributed by atoms with Crippen LogP contribution in [0.1, 0.15) is 35.8 Å². The number of nitrogens with one attached hydrogen (secondary N) is 1. The molecule has 5 N–H and O–H groups in total. The summed E-state index contributed by atoms with van der Waals surface area (Å²) < 4.78 is 0. The number of nitrogens with two attached hydrogens (primary N) is 2. The third-order valence-electron chi connectivity index (χ3n) is 3.99. The molecule has 0 aromatic carbocycles. The highest BCUT2D eigenvalue weighted by Gasteiger charge is 2.29. The molecule has 2 heterocycles. The Morgan fingerprint density at radius 2 is 1.92 bits per heavy atom. The van der Waals surface area contributed by atoms with E-state index in [-0.39, 0.29) is 24.8 Å². The normalized spacial score (nSPS) is 18.8. The van der Waals surface area contributed by atoms with Crippen LogP contribution in [0.4, 0.5) is 11.8 Å². The van der Waals surface area contributed by atoms with E-state index < -0.39 is 0 Å². The lowest BCUT2D eigenvalue weighted by Gasteiger charge is -2.32. The predicted molar refractivity (Wildman–Crippen MR) is 102 cm³/mol. The van der Waals surface area contributed by atoms with Gasteiger partial charge in [0.15, 0.2) is 0 Å². The molecule has 132 valence electrons. The molecule has 6 nitrogen and oxygen atoms in total. The van der Waals surface area contributed by atoms with Crippen molar-refractivity contribution >= 4 is 36.6 Å². The minimum absolute atomic E-state index is 0. The molecule has 0 atom stereocenters. The first-order chi connectivity index (χ1) is 10.6. The molecule has 0 saturated heterocycles. The van der Waals surface area contributed by atoms with Crippen molar-refractivity contribution in [3.8, 4) is 0 Å². The zero-order valence-electron chi connectivity index (χ0n) is 13.6. The lowest BCUT2D eigenvalue weighted by atomic mass is 9.78. The molecule has 3 rings (SSSR count). The van der Waals surface area contributed by atoms with Crippen LogP contribution in [0.15, 0.2) is 24.3 Å².